The number of nitrogens with zero attached hydrogens (tertiary/aromatic N) is 2. The van der Waals surface area contributed by atoms with Gasteiger partial charge in [-0.2, -0.15) is 0 Å². The largest absolute Gasteiger partial charge is 0.482 e. The minimum absolute atomic E-state index is 0.124. The first-order valence-corrected chi connectivity index (χ1v) is 14.5. The maximum atomic E-state index is 13.6. The summed E-state index contributed by atoms with van der Waals surface area (Å²) in [7, 11) is 0. The molecule has 0 aromatic heterocycles. The van der Waals surface area contributed by atoms with Crippen LogP contribution in [0.25, 0.3) is 0 Å². The van der Waals surface area contributed by atoms with Gasteiger partial charge in [-0.25, -0.2) is 0 Å². The highest BCUT2D eigenvalue weighted by molar-refractivity contribution is 7.99. The molecule has 2 aromatic rings. The van der Waals surface area contributed by atoms with E-state index in [0.29, 0.717) is 47.3 Å². The number of halogens is 2. The normalized spacial score (nSPS) is 24.1. The van der Waals surface area contributed by atoms with E-state index >= 15 is 0 Å². The Morgan fingerprint density at radius 2 is 1.92 bits per heavy atom. The van der Waals surface area contributed by atoms with Crippen LogP contribution in [-0.2, 0) is 25.6 Å². The number of likely N-dealkylation sites (tertiary alicyclic amines) is 1. The molecular formula is C27H28Cl2N4O5S. The molecule has 3 aliphatic heterocycles. The highest BCUT2D eigenvalue weighted by Crippen LogP contribution is 2.48. The lowest BCUT2D eigenvalue weighted by atomic mass is 9.93. The van der Waals surface area contributed by atoms with Crippen molar-refractivity contribution in [1.82, 2.24) is 9.80 Å². The zero-order valence-corrected chi connectivity index (χ0v) is 23.4. The Bertz CT molecular complexity index is 1310. The molecule has 0 saturated carbocycles. The highest BCUT2D eigenvalue weighted by Gasteiger charge is 2.61. The Balaban J connectivity index is 1.19. The van der Waals surface area contributed by atoms with Crippen molar-refractivity contribution in [3.05, 3.63) is 58.1 Å². The second-order valence-corrected chi connectivity index (χ2v) is 12.0. The van der Waals surface area contributed by atoms with Crippen molar-refractivity contribution in [2.45, 2.75) is 49.1 Å². The molecule has 39 heavy (non-hydrogen) atoms. The maximum absolute atomic E-state index is 13.6. The van der Waals surface area contributed by atoms with Crippen molar-refractivity contribution in [1.29, 1.82) is 0 Å². The van der Waals surface area contributed by atoms with E-state index in [9.17, 15) is 19.2 Å². The summed E-state index contributed by atoms with van der Waals surface area (Å²) in [5, 5.41) is 3.39. The number of carbonyl (C=O) groups excluding carboxylic acids is 4. The molecule has 3 aliphatic rings. The number of fused-ring (bicyclic) bond motifs is 1. The monoisotopic (exact) mass is 590 g/mol. The Labute approximate surface area is 240 Å². The van der Waals surface area contributed by atoms with E-state index in [1.54, 1.807) is 58.0 Å². The van der Waals surface area contributed by atoms with E-state index in [-0.39, 0.29) is 36.1 Å². The predicted octanol–water partition coefficient (Wildman–Crippen LogP) is 3.46. The quantitative estimate of drug-likeness (QED) is 0.509. The summed E-state index contributed by atoms with van der Waals surface area (Å²) < 4.78 is 5.46. The molecule has 206 valence electrons. The van der Waals surface area contributed by atoms with Crippen molar-refractivity contribution >= 4 is 64.3 Å². The first-order valence-electron chi connectivity index (χ1n) is 12.7. The second-order valence-electron chi connectivity index (χ2n) is 9.91. The molecule has 3 fully saturated rings. The Hall–Kier alpha value is -2.95. The summed E-state index contributed by atoms with van der Waals surface area (Å²) in [6.45, 7) is 0.266. The number of amides is 4. The van der Waals surface area contributed by atoms with Crippen molar-refractivity contribution in [3.8, 4) is 5.75 Å². The third-order valence-corrected chi connectivity index (χ3v) is 9.24. The molecule has 3 atom stereocenters. The van der Waals surface area contributed by atoms with Gasteiger partial charge in [0.25, 0.3) is 5.91 Å². The van der Waals surface area contributed by atoms with Crippen molar-refractivity contribution in [3.63, 3.8) is 0 Å². The number of thioether (sulfide) groups is 1. The van der Waals surface area contributed by atoms with E-state index in [4.69, 9.17) is 33.7 Å². The van der Waals surface area contributed by atoms with E-state index < -0.39 is 17.5 Å². The van der Waals surface area contributed by atoms with Gasteiger partial charge in [0.2, 0.25) is 17.7 Å². The van der Waals surface area contributed by atoms with Crippen LogP contribution >= 0.6 is 35.0 Å². The van der Waals surface area contributed by atoms with Crippen LogP contribution in [0.3, 0.4) is 0 Å². The van der Waals surface area contributed by atoms with Gasteiger partial charge in [0.05, 0.1) is 16.8 Å². The minimum Gasteiger partial charge on any atom is -0.482 e. The molecule has 0 radical (unpaired) electrons. The Kier molecular flexibility index (Phi) is 7.98. The molecule has 0 unspecified atom stereocenters. The molecule has 3 heterocycles. The topological polar surface area (TPSA) is 122 Å². The van der Waals surface area contributed by atoms with Gasteiger partial charge in [0.1, 0.15) is 17.3 Å². The number of hydrogen-bond donors (Lipinski definition) is 2. The lowest BCUT2D eigenvalue weighted by Gasteiger charge is -2.36. The van der Waals surface area contributed by atoms with Crippen LogP contribution in [0.5, 0.6) is 5.75 Å². The van der Waals surface area contributed by atoms with Crippen LogP contribution in [0.2, 0.25) is 10.0 Å². The van der Waals surface area contributed by atoms with E-state index in [2.05, 4.69) is 5.32 Å². The van der Waals surface area contributed by atoms with Gasteiger partial charge in [0.15, 0.2) is 6.61 Å². The summed E-state index contributed by atoms with van der Waals surface area (Å²) in [6, 6.07) is 11.1. The first-order chi connectivity index (χ1) is 18.7. The molecule has 5 rings (SSSR count). The third-order valence-electron chi connectivity index (χ3n) is 7.46. The highest BCUT2D eigenvalue weighted by atomic mass is 35.5. The summed E-state index contributed by atoms with van der Waals surface area (Å²) in [5.74, 6) is -0.0388. The average molecular weight is 592 g/mol. The zero-order valence-electron chi connectivity index (χ0n) is 21.0. The smallest absolute Gasteiger partial charge is 0.262 e. The average Bonchev–Trinajstić information content (AvgIpc) is 3.45. The molecule has 2 aromatic carbocycles. The van der Waals surface area contributed by atoms with Crippen LogP contribution in [0, 0.1) is 0 Å². The number of nitrogens with one attached hydrogen (secondary N) is 1. The van der Waals surface area contributed by atoms with Crippen LogP contribution in [0.1, 0.15) is 31.2 Å². The fraction of sp³-hybridized carbons (Fsp3) is 0.407. The van der Waals surface area contributed by atoms with Crippen molar-refractivity contribution in [2.75, 3.05) is 24.2 Å². The Morgan fingerprint density at radius 3 is 2.64 bits per heavy atom. The first kappa shape index (κ1) is 27.6. The van der Waals surface area contributed by atoms with E-state index in [0.717, 1.165) is 17.7 Å². The molecule has 3 saturated heterocycles. The Morgan fingerprint density at radius 1 is 1.15 bits per heavy atom. The van der Waals surface area contributed by atoms with Crippen molar-refractivity contribution < 1.29 is 23.9 Å². The standard InChI is InChI=1S/C27H28Cl2N4O5S/c28-17-4-7-21(19(29)13-17)38-15-22(34)31-18-5-2-16(3-6-18)12-23(35)32-10-1-9-27(32)14-24-33(26(27)37)20(25(30)36)8-11-39-24/h2-7,13,20,24H,1,8-12,14-15H2,(H2,30,36)(H,31,34)/t20-,24-,27-/m1/s1. The number of carbonyl (C=O) groups is 4. The number of hydrogen-bond acceptors (Lipinski definition) is 6. The van der Waals surface area contributed by atoms with Gasteiger partial charge in [0, 0.05) is 23.7 Å². The fourth-order valence-corrected chi connectivity index (χ4v) is 7.54. The lowest BCUT2D eigenvalue weighted by molar-refractivity contribution is -0.148. The molecule has 3 N–H and O–H groups in total. The summed E-state index contributed by atoms with van der Waals surface area (Å²) in [6.07, 6.45) is 2.50. The summed E-state index contributed by atoms with van der Waals surface area (Å²) in [4.78, 5) is 54.7. The number of ether oxygens (including phenoxy) is 1. The van der Waals surface area contributed by atoms with Gasteiger partial charge in [-0.15, -0.1) is 11.8 Å². The number of benzene rings is 2. The van der Waals surface area contributed by atoms with E-state index in [1.165, 1.54) is 6.07 Å². The predicted molar refractivity (Wildman–Crippen MR) is 150 cm³/mol. The van der Waals surface area contributed by atoms with Gasteiger partial charge >= 0.3 is 0 Å². The maximum Gasteiger partial charge on any atom is 0.262 e. The number of rotatable bonds is 7. The van der Waals surface area contributed by atoms with Gasteiger partial charge < -0.3 is 25.6 Å². The summed E-state index contributed by atoms with van der Waals surface area (Å²) >= 11 is 13.6. The minimum atomic E-state index is -0.909. The summed E-state index contributed by atoms with van der Waals surface area (Å²) in [5.41, 5.74) is 6.00. The number of nitrogens with two attached hydrogens (primary N) is 1. The van der Waals surface area contributed by atoms with Gasteiger partial charge in [-0.3, -0.25) is 19.2 Å². The lowest BCUT2D eigenvalue weighted by Crippen LogP contribution is -2.57. The molecule has 0 bridgehead atoms. The number of anilines is 1. The van der Waals surface area contributed by atoms with Crippen LogP contribution in [0.4, 0.5) is 5.69 Å². The fourth-order valence-electron chi connectivity index (χ4n) is 5.65. The molecule has 4 amide bonds. The molecule has 1 spiro atoms. The molecule has 0 aliphatic carbocycles. The molecule has 9 nitrogen and oxygen atoms in total. The SMILES string of the molecule is NC(=O)[C@H]1CCS[C@@H]2C[C@]3(CCCN3C(=O)Cc3ccc(NC(=O)COc4ccc(Cl)cc4Cl)cc3)C(=O)N12. The van der Waals surface area contributed by atoms with Gasteiger partial charge in [-0.1, -0.05) is 35.3 Å². The van der Waals surface area contributed by atoms with Gasteiger partial charge in [-0.05, 0) is 60.9 Å². The third kappa shape index (κ3) is 5.55. The number of primary amides is 1. The van der Waals surface area contributed by atoms with Crippen LogP contribution in [0.15, 0.2) is 42.5 Å². The van der Waals surface area contributed by atoms with Crippen LogP contribution in [-0.4, -0.2) is 69.3 Å². The van der Waals surface area contributed by atoms with Crippen molar-refractivity contribution in [2.24, 2.45) is 5.73 Å². The second kappa shape index (κ2) is 11.3. The van der Waals surface area contributed by atoms with E-state index in [1.807, 2.05) is 0 Å². The molecular weight excluding hydrogens is 563 g/mol. The zero-order chi connectivity index (χ0) is 27.7. The van der Waals surface area contributed by atoms with Crippen LogP contribution < -0.4 is 15.8 Å². The molecule has 12 heteroatoms.